The summed E-state index contributed by atoms with van der Waals surface area (Å²) in [6.45, 7) is 1.87. The Bertz CT molecular complexity index is 341. The Hall–Kier alpha value is -1.55. The molecule has 0 saturated heterocycles. The van der Waals surface area contributed by atoms with Crippen molar-refractivity contribution >= 4 is 12.0 Å². The minimum absolute atomic E-state index is 0.0878. The second kappa shape index (κ2) is 5.36. The first-order valence-electron chi connectivity index (χ1n) is 4.78. The molecule has 1 unspecified atom stereocenters. The fourth-order valence-electron chi connectivity index (χ4n) is 1.21. The van der Waals surface area contributed by atoms with Gasteiger partial charge in [0.25, 0.3) is 0 Å². The Balaban J connectivity index is 2.52. The van der Waals surface area contributed by atoms with E-state index < -0.39 is 5.97 Å². The normalized spacial score (nSPS) is 13.9. The Morgan fingerprint density at radius 2 is 2.47 bits per heavy atom. The van der Waals surface area contributed by atoms with Crippen LogP contribution >= 0.6 is 0 Å². The molecule has 1 aromatic heterocycles. The van der Waals surface area contributed by atoms with Crippen molar-refractivity contribution in [2.75, 3.05) is 0 Å². The van der Waals surface area contributed by atoms with E-state index in [0.717, 1.165) is 11.3 Å². The molecule has 1 heterocycles. The predicted octanol–water partition coefficient (Wildman–Crippen LogP) is 1.88. The molecule has 0 radical (unpaired) electrons. The van der Waals surface area contributed by atoms with Gasteiger partial charge in [-0.25, -0.2) is 0 Å². The van der Waals surface area contributed by atoms with E-state index in [1.54, 1.807) is 12.3 Å². The molecule has 15 heavy (non-hydrogen) atoms. The summed E-state index contributed by atoms with van der Waals surface area (Å²) in [4.78, 5) is 10.3. The summed E-state index contributed by atoms with van der Waals surface area (Å²) in [5.41, 5.74) is 6.73. The van der Waals surface area contributed by atoms with E-state index in [9.17, 15) is 4.79 Å². The molecule has 1 atom stereocenters. The third-order valence-electron chi connectivity index (χ3n) is 2.17. The van der Waals surface area contributed by atoms with E-state index >= 15 is 0 Å². The Morgan fingerprint density at radius 3 is 3.00 bits per heavy atom. The third-order valence-corrected chi connectivity index (χ3v) is 2.17. The lowest BCUT2D eigenvalue weighted by Crippen LogP contribution is -2.22. The van der Waals surface area contributed by atoms with E-state index in [1.165, 1.54) is 0 Å². The van der Waals surface area contributed by atoms with Gasteiger partial charge in [-0.1, -0.05) is 5.57 Å². The quantitative estimate of drug-likeness (QED) is 0.776. The lowest BCUT2D eigenvalue weighted by molar-refractivity contribution is -0.137. The number of rotatable bonds is 5. The minimum Gasteiger partial charge on any atom is -0.481 e. The van der Waals surface area contributed by atoms with Gasteiger partial charge in [0, 0.05) is 12.5 Å². The third kappa shape index (κ3) is 3.99. The first-order chi connectivity index (χ1) is 7.09. The van der Waals surface area contributed by atoms with Crippen LogP contribution in [0.1, 0.15) is 25.5 Å². The molecule has 0 amide bonds. The summed E-state index contributed by atoms with van der Waals surface area (Å²) in [5, 5.41) is 8.51. The zero-order chi connectivity index (χ0) is 11.3. The number of nitrogens with two attached hydrogens (primary N) is 1. The van der Waals surface area contributed by atoms with Gasteiger partial charge in [0.1, 0.15) is 5.76 Å². The van der Waals surface area contributed by atoms with Crippen LogP contribution in [-0.2, 0) is 4.79 Å². The van der Waals surface area contributed by atoms with Crippen LogP contribution in [0.3, 0.4) is 0 Å². The lowest BCUT2D eigenvalue weighted by Gasteiger charge is -2.09. The lowest BCUT2D eigenvalue weighted by atomic mass is 10.0. The van der Waals surface area contributed by atoms with Gasteiger partial charge in [0.15, 0.2) is 0 Å². The molecule has 0 bridgehead atoms. The molecule has 0 fully saturated rings. The van der Waals surface area contributed by atoms with Crippen LogP contribution in [0.5, 0.6) is 0 Å². The zero-order valence-electron chi connectivity index (χ0n) is 8.64. The number of carboxylic acid groups (broad SMARTS) is 1. The van der Waals surface area contributed by atoms with Gasteiger partial charge >= 0.3 is 5.97 Å². The van der Waals surface area contributed by atoms with Gasteiger partial charge in [-0.15, -0.1) is 0 Å². The van der Waals surface area contributed by atoms with Crippen LogP contribution < -0.4 is 5.73 Å². The Kier molecular flexibility index (Phi) is 4.12. The molecule has 1 aromatic rings. The highest BCUT2D eigenvalue weighted by Gasteiger charge is 2.07. The first kappa shape index (κ1) is 11.5. The standard InChI is InChI=1S/C11H15NO3/c1-8(7-9-3-2-6-15-9)10(12)4-5-11(13)14/h2-3,6-7,10H,4-5,12H2,1H3,(H,13,14)/b8-7+. The fourth-order valence-corrected chi connectivity index (χ4v) is 1.21. The summed E-state index contributed by atoms with van der Waals surface area (Å²) in [6, 6.07) is 3.39. The maximum Gasteiger partial charge on any atom is 0.303 e. The number of hydrogen-bond acceptors (Lipinski definition) is 3. The van der Waals surface area contributed by atoms with Crippen molar-refractivity contribution in [1.82, 2.24) is 0 Å². The maximum absolute atomic E-state index is 10.3. The van der Waals surface area contributed by atoms with Gasteiger partial charge in [0.2, 0.25) is 0 Å². The van der Waals surface area contributed by atoms with Crippen LogP contribution in [0.2, 0.25) is 0 Å². The Labute approximate surface area is 88.4 Å². The SMILES string of the molecule is C/C(=C\c1ccco1)C(N)CCC(=O)O. The molecule has 0 spiro atoms. The molecule has 0 aliphatic carbocycles. The van der Waals surface area contributed by atoms with Gasteiger partial charge in [-0.05, 0) is 31.6 Å². The summed E-state index contributed by atoms with van der Waals surface area (Å²) in [7, 11) is 0. The highest BCUT2D eigenvalue weighted by molar-refractivity contribution is 5.66. The number of furan rings is 1. The summed E-state index contributed by atoms with van der Waals surface area (Å²) >= 11 is 0. The highest BCUT2D eigenvalue weighted by atomic mass is 16.4. The van der Waals surface area contributed by atoms with Crippen molar-refractivity contribution in [2.24, 2.45) is 5.73 Å². The monoisotopic (exact) mass is 209 g/mol. The molecule has 3 N–H and O–H groups in total. The van der Waals surface area contributed by atoms with Crippen LogP contribution in [0, 0.1) is 0 Å². The summed E-state index contributed by atoms with van der Waals surface area (Å²) < 4.78 is 5.13. The smallest absolute Gasteiger partial charge is 0.303 e. The molecular formula is C11H15NO3. The zero-order valence-corrected chi connectivity index (χ0v) is 8.64. The molecule has 0 saturated carbocycles. The molecule has 1 rings (SSSR count). The van der Waals surface area contributed by atoms with Gasteiger partial charge in [0.05, 0.1) is 6.26 Å². The van der Waals surface area contributed by atoms with Gasteiger partial charge < -0.3 is 15.3 Å². The molecule has 0 aliphatic heterocycles. The molecule has 0 aromatic carbocycles. The Morgan fingerprint density at radius 1 is 1.73 bits per heavy atom. The fraction of sp³-hybridized carbons (Fsp3) is 0.364. The predicted molar refractivity (Wildman–Crippen MR) is 57.2 cm³/mol. The molecule has 82 valence electrons. The maximum atomic E-state index is 10.3. The van der Waals surface area contributed by atoms with Gasteiger partial charge in [-0.2, -0.15) is 0 Å². The number of carbonyl (C=O) groups is 1. The average Bonchev–Trinajstić information content (AvgIpc) is 2.66. The van der Waals surface area contributed by atoms with Crippen molar-refractivity contribution in [3.63, 3.8) is 0 Å². The largest absolute Gasteiger partial charge is 0.481 e. The first-order valence-corrected chi connectivity index (χ1v) is 4.78. The molecular weight excluding hydrogens is 194 g/mol. The second-order valence-corrected chi connectivity index (χ2v) is 3.44. The van der Waals surface area contributed by atoms with Crippen LogP contribution in [0.15, 0.2) is 28.4 Å². The summed E-state index contributed by atoms with van der Waals surface area (Å²) in [6.07, 6.45) is 3.94. The summed E-state index contributed by atoms with van der Waals surface area (Å²) in [5.74, 6) is -0.0884. The van der Waals surface area contributed by atoms with Crippen LogP contribution in [0.4, 0.5) is 0 Å². The minimum atomic E-state index is -0.823. The second-order valence-electron chi connectivity index (χ2n) is 3.44. The van der Waals surface area contributed by atoms with E-state index in [-0.39, 0.29) is 12.5 Å². The van der Waals surface area contributed by atoms with Crippen molar-refractivity contribution in [1.29, 1.82) is 0 Å². The highest BCUT2D eigenvalue weighted by Crippen LogP contribution is 2.12. The average molecular weight is 209 g/mol. The molecule has 4 nitrogen and oxygen atoms in total. The van der Waals surface area contributed by atoms with E-state index in [2.05, 4.69) is 0 Å². The van der Waals surface area contributed by atoms with Crippen molar-refractivity contribution < 1.29 is 14.3 Å². The molecule has 0 aliphatic rings. The van der Waals surface area contributed by atoms with Gasteiger partial charge in [-0.3, -0.25) is 4.79 Å². The van der Waals surface area contributed by atoms with E-state index in [4.69, 9.17) is 15.3 Å². The number of aliphatic carboxylic acids is 1. The number of carboxylic acids is 1. The van der Waals surface area contributed by atoms with Crippen LogP contribution in [0.25, 0.3) is 6.08 Å². The van der Waals surface area contributed by atoms with Crippen molar-refractivity contribution in [3.8, 4) is 0 Å². The van der Waals surface area contributed by atoms with E-state index in [1.807, 2.05) is 19.1 Å². The van der Waals surface area contributed by atoms with Crippen LogP contribution in [-0.4, -0.2) is 17.1 Å². The number of hydrogen-bond donors (Lipinski definition) is 2. The van der Waals surface area contributed by atoms with E-state index in [0.29, 0.717) is 6.42 Å². The van der Waals surface area contributed by atoms with Crippen molar-refractivity contribution in [3.05, 3.63) is 29.7 Å². The van der Waals surface area contributed by atoms with Crippen molar-refractivity contribution in [2.45, 2.75) is 25.8 Å². The molecule has 4 heteroatoms. The topological polar surface area (TPSA) is 76.5 Å².